The molecule has 0 amide bonds. The van der Waals surface area contributed by atoms with E-state index >= 15 is 0 Å². The molecule has 2 aromatic carbocycles. The van der Waals surface area contributed by atoms with E-state index in [9.17, 15) is 0 Å². The predicted molar refractivity (Wildman–Crippen MR) is 78.8 cm³/mol. The molecule has 0 fully saturated rings. The molecule has 0 unspecified atom stereocenters. The lowest BCUT2D eigenvalue weighted by Gasteiger charge is -2.14. The zero-order valence-corrected chi connectivity index (χ0v) is 11.4. The quantitative estimate of drug-likeness (QED) is 0.804. The van der Waals surface area contributed by atoms with Crippen molar-refractivity contribution in [2.24, 2.45) is 5.73 Å². The van der Waals surface area contributed by atoms with Crippen molar-refractivity contribution in [2.45, 2.75) is 6.04 Å². The number of nitrogens with two attached hydrogens (primary N) is 1. The van der Waals surface area contributed by atoms with Gasteiger partial charge in [0.2, 0.25) is 0 Å². The van der Waals surface area contributed by atoms with E-state index in [0.29, 0.717) is 10.8 Å². The first kappa shape index (κ1) is 12.8. The molecule has 0 spiro atoms. The summed E-state index contributed by atoms with van der Waals surface area (Å²) in [6, 6.07) is 16.9. The summed E-state index contributed by atoms with van der Waals surface area (Å²) in [5.74, 6) is 0.657. The second-order valence-electron chi connectivity index (χ2n) is 4.39. The third-order valence-corrected chi connectivity index (χ3v) is 3.47. The Hall–Kier alpha value is -2.17. The second kappa shape index (κ2) is 5.45. The van der Waals surface area contributed by atoms with E-state index < -0.39 is 6.04 Å². The summed E-state index contributed by atoms with van der Waals surface area (Å²) < 4.78 is 1.87. The van der Waals surface area contributed by atoms with Crippen molar-refractivity contribution in [3.05, 3.63) is 77.3 Å². The van der Waals surface area contributed by atoms with Crippen molar-refractivity contribution in [2.75, 3.05) is 0 Å². The molecule has 0 aliphatic carbocycles. The molecule has 1 aromatic heterocycles. The highest BCUT2D eigenvalue weighted by Crippen LogP contribution is 2.26. The molecule has 3 rings (SSSR count). The first-order chi connectivity index (χ1) is 9.77. The molecule has 100 valence electrons. The summed E-state index contributed by atoms with van der Waals surface area (Å²) in [7, 11) is 0. The van der Waals surface area contributed by atoms with Crippen LogP contribution >= 0.6 is 11.6 Å². The van der Waals surface area contributed by atoms with Crippen LogP contribution in [0.4, 0.5) is 0 Å². The smallest absolute Gasteiger partial charge is 0.159 e. The van der Waals surface area contributed by atoms with Crippen molar-refractivity contribution in [1.82, 2.24) is 14.8 Å². The summed E-state index contributed by atoms with van der Waals surface area (Å²) in [6.07, 6.45) is 1.65. The van der Waals surface area contributed by atoms with Crippen molar-refractivity contribution in [3.63, 3.8) is 0 Å². The molecular formula is C15H13ClN4. The summed E-state index contributed by atoms with van der Waals surface area (Å²) in [5.41, 5.74) is 8.09. The van der Waals surface area contributed by atoms with E-state index in [-0.39, 0.29) is 0 Å². The molecule has 4 nitrogen and oxygen atoms in total. The third-order valence-electron chi connectivity index (χ3n) is 3.13. The molecule has 0 radical (unpaired) electrons. The zero-order valence-electron chi connectivity index (χ0n) is 10.6. The highest BCUT2D eigenvalue weighted by atomic mass is 35.5. The van der Waals surface area contributed by atoms with E-state index in [2.05, 4.69) is 10.2 Å². The van der Waals surface area contributed by atoms with Gasteiger partial charge in [0.25, 0.3) is 0 Å². The lowest BCUT2D eigenvalue weighted by molar-refractivity contribution is 0.752. The third kappa shape index (κ3) is 2.31. The van der Waals surface area contributed by atoms with Gasteiger partial charge < -0.3 is 5.73 Å². The van der Waals surface area contributed by atoms with Crippen LogP contribution in [0.1, 0.15) is 17.4 Å². The Bertz CT molecular complexity index is 709. The van der Waals surface area contributed by atoms with Gasteiger partial charge >= 0.3 is 0 Å². The van der Waals surface area contributed by atoms with Gasteiger partial charge in [0, 0.05) is 10.7 Å². The topological polar surface area (TPSA) is 56.7 Å². The minimum Gasteiger partial charge on any atom is -0.318 e. The van der Waals surface area contributed by atoms with Gasteiger partial charge in [0.05, 0.1) is 6.04 Å². The monoisotopic (exact) mass is 284 g/mol. The van der Waals surface area contributed by atoms with E-state index in [0.717, 1.165) is 11.3 Å². The minimum atomic E-state index is -0.425. The minimum absolute atomic E-state index is 0.425. The zero-order chi connectivity index (χ0) is 13.9. The summed E-state index contributed by atoms with van der Waals surface area (Å²) in [4.78, 5) is 0. The van der Waals surface area contributed by atoms with Gasteiger partial charge in [-0.25, -0.2) is 0 Å². The van der Waals surface area contributed by atoms with Crippen LogP contribution in [0.2, 0.25) is 5.02 Å². The van der Waals surface area contributed by atoms with Crippen molar-refractivity contribution in [1.29, 1.82) is 0 Å². The van der Waals surface area contributed by atoms with Gasteiger partial charge in [-0.2, -0.15) is 0 Å². The predicted octanol–water partition coefficient (Wildman–Crippen LogP) is 2.97. The average molecular weight is 285 g/mol. The fourth-order valence-electron chi connectivity index (χ4n) is 2.11. The molecule has 0 saturated heterocycles. The summed E-state index contributed by atoms with van der Waals surface area (Å²) in [6.45, 7) is 0. The maximum absolute atomic E-state index is 6.29. The van der Waals surface area contributed by atoms with Crippen molar-refractivity contribution < 1.29 is 0 Å². The Morgan fingerprint density at radius 3 is 2.45 bits per heavy atom. The van der Waals surface area contributed by atoms with Gasteiger partial charge in [0.1, 0.15) is 6.33 Å². The Balaban J connectivity index is 2.04. The molecule has 5 heteroatoms. The van der Waals surface area contributed by atoms with Crippen LogP contribution in [0.25, 0.3) is 5.69 Å². The number of hydrogen-bond donors (Lipinski definition) is 1. The van der Waals surface area contributed by atoms with Crippen LogP contribution < -0.4 is 5.73 Å². The number of aromatic nitrogens is 3. The summed E-state index contributed by atoms with van der Waals surface area (Å²) in [5, 5.41) is 8.73. The number of benzene rings is 2. The Kier molecular flexibility index (Phi) is 3.50. The first-order valence-electron chi connectivity index (χ1n) is 6.22. The SMILES string of the molecule is N[C@H](c1ccccc1Cl)c1nncn1-c1ccccc1. The van der Waals surface area contributed by atoms with Gasteiger partial charge in [-0.05, 0) is 23.8 Å². The van der Waals surface area contributed by atoms with Crippen LogP contribution in [-0.4, -0.2) is 14.8 Å². The van der Waals surface area contributed by atoms with Gasteiger partial charge in [0.15, 0.2) is 5.82 Å². The number of halogens is 1. The van der Waals surface area contributed by atoms with Crippen molar-refractivity contribution >= 4 is 11.6 Å². The van der Waals surface area contributed by atoms with Crippen LogP contribution in [0.3, 0.4) is 0 Å². The lowest BCUT2D eigenvalue weighted by Crippen LogP contribution is -2.17. The van der Waals surface area contributed by atoms with E-state index in [4.69, 9.17) is 17.3 Å². The van der Waals surface area contributed by atoms with Gasteiger partial charge in [-0.1, -0.05) is 48.0 Å². The molecule has 0 aliphatic heterocycles. The van der Waals surface area contributed by atoms with Gasteiger partial charge in [-0.3, -0.25) is 4.57 Å². The van der Waals surface area contributed by atoms with Crippen LogP contribution in [0, 0.1) is 0 Å². The molecule has 3 aromatic rings. The molecule has 2 N–H and O–H groups in total. The fraction of sp³-hybridized carbons (Fsp3) is 0.0667. The number of rotatable bonds is 3. The van der Waals surface area contributed by atoms with Crippen LogP contribution in [-0.2, 0) is 0 Å². The van der Waals surface area contributed by atoms with E-state index in [1.54, 1.807) is 6.33 Å². The van der Waals surface area contributed by atoms with Gasteiger partial charge in [-0.15, -0.1) is 10.2 Å². The molecular weight excluding hydrogens is 272 g/mol. The molecule has 1 atom stereocenters. The highest BCUT2D eigenvalue weighted by molar-refractivity contribution is 6.31. The van der Waals surface area contributed by atoms with Crippen molar-refractivity contribution in [3.8, 4) is 5.69 Å². The second-order valence-corrected chi connectivity index (χ2v) is 4.80. The largest absolute Gasteiger partial charge is 0.318 e. The Morgan fingerprint density at radius 2 is 1.70 bits per heavy atom. The normalized spacial score (nSPS) is 12.3. The lowest BCUT2D eigenvalue weighted by atomic mass is 10.1. The maximum Gasteiger partial charge on any atom is 0.159 e. The summed E-state index contributed by atoms with van der Waals surface area (Å²) >= 11 is 6.20. The number of para-hydroxylation sites is 1. The first-order valence-corrected chi connectivity index (χ1v) is 6.60. The molecule has 20 heavy (non-hydrogen) atoms. The highest BCUT2D eigenvalue weighted by Gasteiger charge is 2.18. The molecule has 0 saturated carbocycles. The van der Waals surface area contributed by atoms with Crippen LogP contribution in [0.5, 0.6) is 0 Å². The van der Waals surface area contributed by atoms with E-state index in [1.165, 1.54) is 0 Å². The molecule has 0 bridgehead atoms. The Morgan fingerprint density at radius 1 is 1.00 bits per heavy atom. The standard InChI is InChI=1S/C15H13ClN4/c16-13-9-5-4-8-12(13)14(17)15-19-18-10-20(15)11-6-2-1-3-7-11/h1-10,14H,17H2/t14-/m1/s1. The fourth-order valence-corrected chi connectivity index (χ4v) is 2.36. The molecule has 0 aliphatic rings. The average Bonchev–Trinajstić information content (AvgIpc) is 2.97. The number of nitrogens with zero attached hydrogens (tertiary/aromatic N) is 3. The Labute approximate surface area is 121 Å². The number of hydrogen-bond acceptors (Lipinski definition) is 3. The molecule has 1 heterocycles. The maximum atomic E-state index is 6.29. The van der Waals surface area contributed by atoms with Crippen LogP contribution in [0.15, 0.2) is 60.9 Å². The van der Waals surface area contributed by atoms with E-state index in [1.807, 2.05) is 59.2 Å².